The summed E-state index contributed by atoms with van der Waals surface area (Å²) < 4.78 is 12.2. The van der Waals surface area contributed by atoms with Crippen LogP contribution in [-0.2, 0) is 0 Å². The maximum atomic E-state index is 10.6. The summed E-state index contributed by atoms with van der Waals surface area (Å²) in [6.07, 6.45) is 3.58. The van der Waals surface area contributed by atoms with Gasteiger partial charge in [0.15, 0.2) is 5.82 Å². The van der Waals surface area contributed by atoms with Crippen LogP contribution in [0.5, 0.6) is 17.6 Å². The van der Waals surface area contributed by atoms with E-state index in [4.69, 9.17) is 9.72 Å². The maximum Gasteiger partial charge on any atom is 0.299 e. The Balaban J connectivity index is 1.24. The van der Waals surface area contributed by atoms with Gasteiger partial charge in [0, 0.05) is 6.07 Å². The number of aromatic nitrogens is 5. The number of para-hydroxylation sites is 4. The Morgan fingerprint density at radius 3 is 2.49 bits per heavy atom. The van der Waals surface area contributed by atoms with E-state index < -0.39 is 8.07 Å². The number of benzene rings is 4. The third kappa shape index (κ3) is 3.54. The van der Waals surface area contributed by atoms with Crippen LogP contribution in [0.3, 0.4) is 0 Å². The quantitative estimate of drug-likeness (QED) is 0.188. The van der Waals surface area contributed by atoms with E-state index in [1.165, 1.54) is 10.4 Å². The molecule has 41 heavy (non-hydrogen) atoms. The number of fused-ring (bicyclic) bond motifs is 3. The van der Waals surface area contributed by atoms with Crippen molar-refractivity contribution in [2.45, 2.75) is 13.1 Å². The normalized spacial score (nSPS) is 13.4. The van der Waals surface area contributed by atoms with E-state index in [1.807, 2.05) is 72.8 Å². The Labute approximate surface area is 237 Å². The first-order valence-electron chi connectivity index (χ1n) is 13.5. The third-order valence-electron chi connectivity index (χ3n) is 7.94. The molecule has 0 saturated carbocycles. The summed E-state index contributed by atoms with van der Waals surface area (Å²) in [5.41, 5.74) is 5.60. The zero-order valence-electron chi connectivity index (χ0n) is 22.5. The summed E-state index contributed by atoms with van der Waals surface area (Å²) in [6, 6.07) is 36.1. The lowest BCUT2D eigenvalue weighted by Gasteiger charge is -2.31. The van der Waals surface area contributed by atoms with Crippen molar-refractivity contribution in [3.63, 3.8) is 0 Å². The molecular formula is C33H25N5O2Si. The predicted molar refractivity (Wildman–Crippen MR) is 161 cm³/mol. The number of imidazole rings is 2. The van der Waals surface area contributed by atoms with Crippen molar-refractivity contribution in [3.05, 3.63) is 116 Å². The second kappa shape index (κ2) is 8.64. The van der Waals surface area contributed by atoms with Gasteiger partial charge in [0.25, 0.3) is 12.3 Å². The van der Waals surface area contributed by atoms with Crippen molar-refractivity contribution in [2.75, 3.05) is 0 Å². The van der Waals surface area contributed by atoms with Gasteiger partial charge in [0.1, 0.15) is 13.8 Å². The second-order valence-electron chi connectivity index (χ2n) is 10.8. The molecule has 0 radical (unpaired) electrons. The maximum absolute atomic E-state index is 10.6. The highest BCUT2D eigenvalue weighted by molar-refractivity contribution is 7.02. The fraction of sp³-hybridized carbons (Fsp3) is 0.0606. The van der Waals surface area contributed by atoms with Gasteiger partial charge in [-0.3, -0.25) is 13.7 Å². The Bertz CT molecular complexity index is 2130. The highest BCUT2D eigenvalue weighted by atomic mass is 28.3. The topological polar surface area (TPSA) is 69.0 Å². The molecule has 198 valence electrons. The molecule has 8 rings (SSSR count). The first kappa shape index (κ1) is 23.7. The van der Waals surface area contributed by atoms with Crippen LogP contribution in [0.25, 0.3) is 39.3 Å². The largest absolute Gasteiger partial charge is 0.480 e. The second-order valence-corrected chi connectivity index (χ2v) is 15.1. The number of pyridine rings is 1. The van der Waals surface area contributed by atoms with Crippen molar-refractivity contribution >= 4 is 40.5 Å². The van der Waals surface area contributed by atoms with E-state index in [9.17, 15) is 5.11 Å². The van der Waals surface area contributed by atoms with Crippen molar-refractivity contribution in [1.82, 2.24) is 19.1 Å². The predicted octanol–water partition coefficient (Wildman–Crippen LogP) is 5.08. The molecule has 4 aromatic carbocycles. The summed E-state index contributed by atoms with van der Waals surface area (Å²) in [6.45, 7) is 4.75. The van der Waals surface area contributed by atoms with Crippen LogP contribution in [0.15, 0.2) is 109 Å². The molecule has 0 aliphatic carbocycles. The lowest BCUT2D eigenvalue weighted by molar-refractivity contribution is -0.572. The van der Waals surface area contributed by atoms with Crippen molar-refractivity contribution in [3.8, 4) is 34.8 Å². The lowest BCUT2D eigenvalue weighted by atomic mass is 10.2. The van der Waals surface area contributed by atoms with Gasteiger partial charge < -0.3 is 9.84 Å². The molecule has 0 amide bonds. The van der Waals surface area contributed by atoms with Crippen molar-refractivity contribution in [2.24, 2.45) is 0 Å². The van der Waals surface area contributed by atoms with Crippen molar-refractivity contribution in [1.29, 1.82) is 0 Å². The molecule has 7 nitrogen and oxygen atoms in total. The first-order valence-corrected chi connectivity index (χ1v) is 16.5. The van der Waals surface area contributed by atoms with E-state index in [-0.39, 0.29) is 6.01 Å². The number of rotatable bonds is 4. The van der Waals surface area contributed by atoms with E-state index in [0.717, 1.165) is 39.3 Å². The lowest BCUT2D eigenvalue weighted by Crippen LogP contribution is -2.57. The smallest absolute Gasteiger partial charge is 0.299 e. The minimum atomic E-state index is -2.05. The SMILES string of the molecule is C[Si]1(C)c2ccc(Oc3cccc(-n4c(O)nc5ccccc54)c3)nc2-n2[c-][n+](-c3ccccc3)c3cccc1c32. The molecule has 3 aromatic heterocycles. The zero-order chi connectivity index (χ0) is 27.7. The van der Waals surface area contributed by atoms with Crippen LogP contribution in [0.4, 0.5) is 0 Å². The Morgan fingerprint density at radius 1 is 0.805 bits per heavy atom. The summed E-state index contributed by atoms with van der Waals surface area (Å²) in [5, 5.41) is 13.2. The number of nitrogens with zero attached hydrogens (tertiary/aromatic N) is 5. The van der Waals surface area contributed by atoms with Crippen LogP contribution in [-0.4, -0.2) is 32.3 Å². The Morgan fingerprint density at radius 2 is 1.61 bits per heavy atom. The van der Waals surface area contributed by atoms with E-state index in [1.54, 1.807) is 4.57 Å². The minimum Gasteiger partial charge on any atom is -0.480 e. The average Bonchev–Trinajstić information content (AvgIpc) is 3.54. The van der Waals surface area contributed by atoms with Gasteiger partial charge in [-0.15, -0.1) is 0 Å². The molecule has 0 saturated heterocycles. The monoisotopic (exact) mass is 551 g/mol. The van der Waals surface area contributed by atoms with E-state index in [2.05, 4.69) is 69.9 Å². The van der Waals surface area contributed by atoms with E-state index in [0.29, 0.717) is 11.6 Å². The molecule has 0 atom stereocenters. The zero-order valence-corrected chi connectivity index (χ0v) is 23.5. The van der Waals surface area contributed by atoms with Gasteiger partial charge in [-0.05, 0) is 52.8 Å². The fourth-order valence-electron chi connectivity index (χ4n) is 5.95. The third-order valence-corrected chi connectivity index (χ3v) is 11.4. The van der Waals surface area contributed by atoms with Gasteiger partial charge >= 0.3 is 0 Å². The molecule has 0 bridgehead atoms. The molecule has 0 unspecified atom stereocenters. The molecule has 1 aliphatic heterocycles. The first-order chi connectivity index (χ1) is 20.0. The summed E-state index contributed by atoms with van der Waals surface area (Å²) in [7, 11) is -2.05. The van der Waals surface area contributed by atoms with Crippen LogP contribution in [0.2, 0.25) is 13.1 Å². The fourth-order valence-corrected chi connectivity index (χ4v) is 8.81. The number of hydrogen-bond acceptors (Lipinski definition) is 4. The molecule has 1 aliphatic rings. The number of hydrogen-bond donors (Lipinski definition) is 1. The van der Waals surface area contributed by atoms with Gasteiger partial charge in [0.2, 0.25) is 5.88 Å². The van der Waals surface area contributed by atoms with E-state index >= 15 is 0 Å². The number of aromatic hydroxyl groups is 1. The number of ether oxygens (including phenoxy) is 1. The summed E-state index contributed by atoms with van der Waals surface area (Å²) in [4.78, 5) is 9.34. The minimum absolute atomic E-state index is 0.0695. The molecule has 0 spiro atoms. The highest BCUT2D eigenvalue weighted by Crippen LogP contribution is 2.30. The molecule has 1 N–H and O–H groups in total. The molecule has 8 heteroatoms. The summed E-state index contributed by atoms with van der Waals surface area (Å²) in [5.74, 6) is 1.96. The van der Waals surface area contributed by atoms with Crippen LogP contribution in [0.1, 0.15) is 0 Å². The molecule has 4 heterocycles. The van der Waals surface area contributed by atoms with Gasteiger partial charge in [-0.1, -0.05) is 73.8 Å². The van der Waals surface area contributed by atoms with Crippen molar-refractivity contribution < 1.29 is 14.4 Å². The van der Waals surface area contributed by atoms with Gasteiger partial charge in [-0.2, -0.15) is 4.98 Å². The van der Waals surface area contributed by atoms with Crippen LogP contribution in [0, 0.1) is 6.33 Å². The molecule has 0 fully saturated rings. The summed E-state index contributed by atoms with van der Waals surface area (Å²) >= 11 is 0. The Hall–Kier alpha value is -5.21. The standard InChI is InChI=1S/C33H25N5O2Si/c1-41(2)28-17-9-16-27-31(28)37(21-36(27)22-10-4-3-5-11-22)32-29(41)18-19-30(35-32)40-24-13-8-12-23(20-24)38-26-15-7-6-14-25(26)34-33(38)39/h3-20H,1-2H3,(H,34,39). The van der Waals surface area contributed by atoms with Gasteiger partial charge in [-0.25, -0.2) is 4.98 Å². The van der Waals surface area contributed by atoms with Crippen LogP contribution >= 0.6 is 0 Å². The van der Waals surface area contributed by atoms with Gasteiger partial charge in [0.05, 0.1) is 33.4 Å². The van der Waals surface area contributed by atoms with Crippen LogP contribution < -0.4 is 19.7 Å². The average molecular weight is 552 g/mol. The highest BCUT2D eigenvalue weighted by Gasteiger charge is 2.37. The Kier molecular flexibility index (Phi) is 4.99. The molecular weight excluding hydrogens is 526 g/mol. The molecule has 7 aromatic rings.